The second-order valence-electron chi connectivity index (χ2n) is 6.64. The molecule has 1 saturated heterocycles. The van der Waals surface area contributed by atoms with Crippen molar-refractivity contribution in [3.8, 4) is 0 Å². The summed E-state index contributed by atoms with van der Waals surface area (Å²) in [6.45, 7) is 5.19. The van der Waals surface area contributed by atoms with E-state index in [1.807, 2.05) is 18.6 Å². The zero-order valence-electron chi connectivity index (χ0n) is 14.3. The number of nitrogens with zero attached hydrogens (tertiary/aromatic N) is 5. The molecule has 5 nitrogen and oxygen atoms in total. The molecule has 0 radical (unpaired) electrons. The van der Waals surface area contributed by atoms with Crippen molar-refractivity contribution in [2.75, 3.05) is 25.0 Å². The van der Waals surface area contributed by atoms with Crippen LogP contribution in [0.3, 0.4) is 0 Å². The minimum absolute atomic E-state index is 0.563. The smallest absolute Gasteiger partial charge is 0.139 e. The topological polar surface area (TPSA) is 36.7 Å². The summed E-state index contributed by atoms with van der Waals surface area (Å²) in [5, 5.41) is 0. The third-order valence-electron chi connectivity index (χ3n) is 5.03. The lowest BCUT2D eigenvalue weighted by Crippen LogP contribution is -2.34. The number of anilines is 1. The van der Waals surface area contributed by atoms with E-state index in [-0.39, 0.29) is 0 Å². The van der Waals surface area contributed by atoms with Crippen LogP contribution in [0.4, 0.5) is 5.69 Å². The monoisotopic (exact) mass is 321 g/mol. The fourth-order valence-corrected chi connectivity index (χ4v) is 3.59. The second kappa shape index (κ2) is 6.24. The number of hydrogen-bond donors (Lipinski definition) is 0. The summed E-state index contributed by atoms with van der Waals surface area (Å²) in [7, 11) is 2.22. The number of likely N-dealkylation sites (N-methyl/N-ethyl adjacent to an activating group) is 1. The maximum Gasteiger partial charge on any atom is 0.139 e. The standard InChI is InChI=1S/C19H23N5/c1-15-4-3-10-24-18(12-21-19(15)24)13-22(2)17-7-11-23(14-17)16-5-8-20-9-6-16/h3-6,8-10,12,17H,7,11,13-14H2,1-2H3. The normalized spacial score (nSPS) is 18.0. The SMILES string of the molecule is Cc1cccn2c(CN(C)C3CCN(c4ccncc4)C3)cnc12. The Labute approximate surface area is 142 Å². The van der Waals surface area contributed by atoms with Gasteiger partial charge in [0.1, 0.15) is 5.65 Å². The van der Waals surface area contributed by atoms with Crippen molar-refractivity contribution in [2.24, 2.45) is 0 Å². The maximum atomic E-state index is 4.58. The maximum absolute atomic E-state index is 4.58. The average Bonchev–Trinajstić information content (AvgIpc) is 3.24. The molecule has 0 amide bonds. The molecular formula is C19H23N5. The van der Waals surface area contributed by atoms with Gasteiger partial charge in [-0.15, -0.1) is 0 Å². The first-order chi connectivity index (χ1) is 11.7. The minimum Gasteiger partial charge on any atom is -0.370 e. The fraction of sp³-hybridized carbons (Fsp3) is 0.368. The summed E-state index contributed by atoms with van der Waals surface area (Å²) < 4.78 is 2.21. The Morgan fingerprint density at radius 1 is 1.25 bits per heavy atom. The average molecular weight is 321 g/mol. The number of fused-ring (bicyclic) bond motifs is 1. The first-order valence-corrected chi connectivity index (χ1v) is 8.49. The lowest BCUT2D eigenvalue weighted by atomic mass is 10.2. The van der Waals surface area contributed by atoms with E-state index in [0.717, 1.165) is 25.3 Å². The molecule has 5 heteroatoms. The van der Waals surface area contributed by atoms with E-state index in [1.54, 1.807) is 0 Å². The Bertz CT molecular complexity index is 826. The van der Waals surface area contributed by atoms with Crippen molar-refractivity contribution in [1.82, 2.24) is 19.3 Å². The van der Waals surface area contributed by atoms with Gasteiger partial charge in [0.25, 0.3) is 0 Å². The van der Waals surface area contributed by atoms with E-state index in [4.69, 9.17) is 0 Å². The molecule has 0 N–H and O–H groups in total. The number of imidazole rings is 1. The van der Waals surface area contributed by atoms with Crippen LogP contribution in [0, 0.1) is 6.92 Å². The molecule has 4 rings (SSSR count). The fourth-order valence-electron chi connectivity index (χ4n) is 3.59. The quantitative estimate of drug-likeness (QED) is 0.740. The summed E-state index contributed by atoms with van der Waals surface area (Å²) in [6, 6.07) is 8.95. The molecule has 0 spiro atoms. The highest BCUT2D eigenvalue weighted by molar-refractivity contribution is 5.48. The molecule has 0 saturated carbocycles. The van der Waals surface area contributed by atoms with Gasteiger partial charge in [-0.05, 0) is 44.2 Å². The van der Waals surface area contributed by atoms with Gasteiger partial charge in [-0.2, -0.15) is 0 Å². The number of rotatable bonds is 4. The summed E-state index contributed by atoms with van der Waals surface area (Å²) in [6.07, 6.45) is 9.04. The van der Waals surface area contributed by atoms with Crippen LogP contribution in [0.5, 0.6) is 0 Å². The molecule has 0 aliphatic carbocycles. The Morgan fingerprint density at radius 2 is 2.08 bits per heavy atom. The lowest BCUT2D eigenvalue weighted by Gasteiger charge is -2.25. The third-order valence-corrected chi connectivity index (χ3v) is 5.03. The first kappa shape index (κ1) is 15.1. The summed E-state index contributed by atoms with van der Waals surface area (Å²) in [5.41, 5.74) is 4.80. The lowest BCUT2D eigenvalue weighted by molar-refractivity contribution is 0.247. The molecule has 0 aromatic carbocycles. The molecule has 1 atom stereocenters. The second-order valence-corrected chi connectivity index (χ2v) is 6.64. The van der Waals surface area contributed by atoms with Crippen LogP contribution in [0.15, 0.2) is 49.1 Å². The predicted molar refractivity (Wildman–Crippen MR) is 96.3 cm³/mol. The zero-order chi connectivity index (χ0) is 16.5. The Kier molecular flexibility index (Phi) is 3.94. The van der Waals surface area contributed by atoms with E-state index in [0.29, 0.717) is 6.04 Å². The van der Waals surface area contributed by atoms with Gasteiger partial charge in [0.05, 0.1) is 11.9 Å². The van der Waals surface area contributed by atoms with Crippen molar-refractivity contribution >= 4 is 11.3 Å². The van der Waals surface area contributed by atoms with Gasteiger partial charge in [-0.1, -0.05) is 6.07 Å². The molecule has 1 unspecified atom stereocenters. The summed E-state index contributed by atoms with van der Waals surface area (Å²) in [5.74, 6) is 0. The predicted octanol–water partition coefficient (Wildman–Crippen LogP) is 2.75. The first-order valence-electron chi connectivity index (χ1n) is 8.49. The van der Waals surface area contributed by atoms with E-state index in [9.17, 15) is 0 Å². The summed E-state index contributed by atoms with van der Waals surface area (Å²) >= 11 is 0. The van der Waals surface area contributed by atoms with Crippen molar-refractivity contribution in [3.63, 3.8) is 0 Å². The number of pyridine rings is 2. The Morgan fingerprint density at radius 3 is 2.92 bits per heavy atom. The van der Waals surface area contributed by atoms with E-state index in [1.165, 1.54) is 23.4 Å². The number of aryl methyl sites for hydroxylation is 1. The van der Waals surface area contributed by atoms with Crippen LogP contribution < -0.4 is 4.90 Å². The van der Waals surface area contributed by atoms with Gasteiger partial charge in [-0.25, -0.2) is 4.98 Å². The zero-order valence-corrected chi connectivity index (χ0v) is 14.3. The van der Waals surface area contributed by atoms with Gasteiger partial charge >= 0.3 is 0 Å². The van der Waals surface area contributed by atoms with Crippen LogP contribution in [0.1, 0.15) is 17.7 Å². The highest BCUT2D eigenvalue weighted by atomic mass is 15.2. The third kappa shape index (κ3) is 2.76. The van der Waals surface area contributed by atoms with Crippen LogP contribution in [0.2, 0.25) is 0 Å². The Balaban J connectivity index is 1.47. The van der Waals surface area contributed by atoms with Crippen LogP contribution in [0.25, 0.3) is 5.65 Å². The molecule has 3 aromatic rings. The number of hydrogen-bond acceptors (Lipinski definition) is 4. The van der Waals surface area contributed by atoms with Gasteiger partial charge in [0.15, 0.2) is 0 Å². The van der Waals surface area contributed by atoms with Gasteiger partial charge < -0.3 is 9.30 Å². The molecular weight excluding hydrogens is 298 g/mol. The molecule has 1 aliphatic rings. The van der Waals surface area contributed by atoms with Crippen LogP contribution in [-0.4, -0.2) is 45.4 Å². The highest BCUT2D eigenvalue weighted by Crippen LogP contribution is 2.23. The molecule has 24 heavy (non-hydrogen) atoms. The molecule has 1 aliphatic heterocycles. The van der Waals surface area contributed by atoms with Gasteiger partial charge in [0, 0.05) is 50.0 Å². The van der Waals surface area contributed by atoms with Crippen molar-refractivity contribution in [2.45, 2.75) is 25.9 Å². The Hall–Kier alpha value is -2.40. The largest absolute Gasteiger partial charge is 0.370 e. The van der Waals surface area contributed by atoms with Crippen molar-refractivity contribution in [1.29, 1.82) is 0 Å². The van der Waals surface area contributed by atoms with Crippen molar-refractivity contribution < 1.29 is 0 Å². The molecule has 124 valence electrons. The van der Waals surface area contributed by atoms with Gasteiger partial charge in [0.2, 0.25) is 0 Å². The van der Waals surface area contributed by atoms with E-state index < -0.39 is 0 Å². The highest BCUT2D eigenvalue weighted by Gasteiger charge is 2.26. The summed E-state index contributed by atoms with van der Waals surface area (Å²) in [4.78, 5) is 13.6. The molecule has 4 heterocycles. The van der Waals surface area contributed by atoms with Crippen LogP contribution >= 0.6 is 0 Å². The van der Waals surface area contributed by atoms with E-state index in [2.05, 4.69) is 68.6 Å². The minimum atomic E-state index is 0.563. The van der Waals surface area contributed by atoms with Gasteiger partial charge in [-0.3, -0.25) is 9.88 Å². The molecule has 3 aromatic heterocycles. The van der Waals surface area contributed by atoms with Crippen molar-refractivity contribution in [3.05, 3.63) is 60.3 Å². The molecule has 0 bridgehead atoms. The van der Waals surface area contributed by atoms with E-state index >= 15 is 0 Å². The van der Waals surface area contributed by atoms with Crippen LogP contribution in [-0.2, 0) is 6.54 Å². The molecule has 1 fully saturated rings. The number of aromatic nitrogens is 3.